The second-order valence-corrected chi connectivity index (χ2v) is 5.45. The van der Waals surface area contributed by atoms with Crippen molar-refractivity contribution in [2.75, 3.05) is 40.8 Å². The summed E-state index contributed by atoms with van der Waals surface area (Å²) in [5.74, 6) is 0. The van der Waals surface area contributed by atoms with Crippen molar-refractivity contribution in [1.29, 1.82) is 0 Å². The summed E-state index contributed by atoms with van der Waals surface area (Å²) >= 11 is 1.81. The van der Waals surface area contributed by atoms with Crippen molar-refractivity contribution >= 4 is 11.3 Å². The van der Waals surface area contributed by atoms with Crippen molar-refractivity contribution < 1.29 is 0 Å². The Kier molecular flexibility index (Phi) is 5.41. The van der Waals surface area contributed by atoms with Crippen molar-refractivity contribution in [3.05, 3.63) is 21.9 Å². The highest BCUT2D eigenvalue weighted by atomic mass is 32.1. The molecule has 0 saturated heterocycles. The van der Waals surface area contributed by atoms with Gasteiger partial charge in [-0.3, -0.25) is 4.90 Å². The number of nitrogens with two attached hydrogens (primary N) is 1. The van der Waals surface area contributed by atoms with Gasteiger partial charge in [0.1, 0.15) is 0 Å². The van der Waals surface area contributed by atoms with E-state index in [1.165, 1.54) is 10.4 Å². The van der Waals surface area contributed by atoms with E-state index in [-0.39, 0.29) is 0 Å². The molecular formula is C12H23N3S. The first kappa shape index (κ1) is 13.6. The Labute approximate surface area is 103 Å². The lowest BCUT2D eigenvalue weighted by molar-refractivity contribution is 0.225. The lowest BCUT2D eigenvalue weighted by atomic mass is 10.1. The van der Waals surface area contributed by atoms with E-state index in [1.54, 1.807) is 0 Å². The molecule has 0 amide bonds. The Hall–Kier alpha value is -0.420. The van der Waals surface area contributed by atoms with E-state index in [4.69, 9.17) is 5.73 Å². The lowest BCUT2D eigenvalue weighted by Gasteiger charge is -2.28. The summed E-state index contributed by atoms with van der Waals surface area (Å²) in [6.07, 6.45) is 0. The maximum Gasteiger partial charge on any atom is 0.0564 e. The molecule has 0 saturated carbocycles. The SMILES string of the molecule is Cc1ccsc1C(CN)N(C)CCN(C)C. The quantitative estimate of drug-likeness (QED) is 0.820. The molecule has 3 nitrogen and oxygen atoms in total. The summed E-state index contributed by atoms with van der Waals surface area (Å²) in [6, 6.07) is 2.53. The minimum atomic E-state index is 0.361. The number of thiophene rings is 1. The predicted molar refractivity (Wildman–Crippen MR) is 72.0 cm³/mol. The Morgan fingerprint density at radius 3 is 2.44 bits per heavy atom. The number of hydrogen-bond acceptors (Lipinski definition) is 4. The fraction of sp³-hybridized carbons (Fsp3) is 0.667. The van der Waals surface area contributed by atoms with Gasteiger partial charge in [0.15, 0.2) is 0 Å². The smallest absolute Gasteiger partial charge is 0.0564 e. The molecule has 0 spiro atoms. The Balaban J connectivity index is 2.64. The molecule has 1 aromatic heterocycles. The van der Waals surface area contributed by atoms with Gasteiger partial charge in [-0.25, -0.2) is 0 Å². The summed E-state index contributed by atoms with van der Waals surface area (Å²) in [6.45, 7) is 4.96. The Bertz CT molecular complexity index is 309. The number of nitrogens with zero attached hydrogens (tertiary/aromatic N) is 2. The summed E-state index contributed by atoms with van der Waals surface area (Å²) in [7, 11) is 6.35. The predicted octanol–water partition coefficient (Wildman–Crippen LogP) is 1.55. The zero-order chi connectivity index (χ0) is 12.1. The van der Waals surface area contributed by atoms with Gasteiger partial charge in [-0.2, -0.15) is 0 Å². The molecule has 0 aliphatic rings. The molecule has 1 atom stereocenters. The lowest BCUT2D eigenvalue weighted by Crippen LogP contribution is -2.35. The summed E-state index contributed by atoms with van der Waals surface area (Å²) < 4.78 is 0. The third kappa shape index (κ3) is 3.56. The van der Waals surface area contributed by atoms with Crippen LogP contribution >= 0.6 is 11.3 Å². The van der Waals surface area contributed by atoms with Crippen molar-refractivity contribution in [2.45, 2.75) is 13.0 Å². The fourth-order valence-corrected chi connectivity index (χ4v) is 2.83. The number of aryl methyl sites for hydroxylation is 1. The second-order valence-electron chi connectivity index (χ2n) is 4.50. The van der Waals surface area contributed by atoms with E-state index in [2.05, 4.69) is 49.3 Å². The molecule has 1 unspecified atom stereocenters. The Morgan fingerprint density at radius 2 is 2.00 bits per heavy atom. The van der Waals surface area contributed by atoms with Gasteiger partial charge in [-0.15, -0.1) is 11.3 Å². The van der Waals surface area contributed by atoms with E-state index in [9.17, 15) is 0 Å². The summed E-state index contributed by atoms with van der Waals surface area (Å²) in [5.41, 5.74) is 7.25. The molecule has 1 aromatic rings. The van der Waals surface area contributed by atoms with Gasteiger partial charge in [-0.05, 0) is 45.1 Å². The van der Waals surface area contributed by atoms with E-state index >= 15 is 0 Å². The van der Waals surface area contributed by atoms with Crippen LogP contribution in [0.2, 0.25) is 0 Å². The zero-order valence-electron chi connectivity index (χ0n) is 10.7. The van der Waals surface area contributed by atoms with Crippen LogP contribution in [-0.4, -0.2) is 50.6 Å². The van der Waals surface area contributed by atoms with E-state index < -0.39 is 0 Å². The molecule has 4 heteroatoms. The molecule has 0 aliphatic heterocycles. The first-order valence-corrected chi connectivity index (χ1v) is 6.53. The maximum atomic E-state index is 5.89. The van der Waals surface area contributed by atoms with Gasteiger partial charge in [0.2, 0.25) is 0 Å². The highest BCUT2D eigenvalue weighted by molar-refractivity contribution is 7.10. The van der Waals surface area contributed by atoms with Gasteiger partial charge in [0, 0.05) is 24.5 Å². The van der Waals surface area contributed by atoms with Gasteiger partial charge >= 0.3 is 0 Å². The highest BCUT2D eigenvalue weighted by Crippen LogP contribution is 2.26. The van der Waals surface area contributed by atoms with Crippen LogP contribution < -0.4 is 5.73 Å². The van der Waals surface area contributed by atoms with Crippen molar-refractivity contribution in [2.24, 2.45) is 5.73 Å². The normalized spacial score (nSPS) is 13.7. The van der Waals surface area contributed by atoms with Crippen molar-refractivity contribution in [3.63, 3.8) is 0 Å². The van der Waals surface area contributed by atoms with Gasteiger partial charge in [0.05, 0.1) is 6.04 Å². The van der Waals surface area contributed by atoms with E-state index in [0.717, 1.165) is 13.1 Å². The average Bonchev–Trinajstić information content (AvgIpc) is 2.63. The molecule has 0 fully saturated rings. The van der Waals surface area contributed by atoms with Crippen LogP contribution in [0.5, 0.6) is 0 Å². The first-order chi connectivity index (χ1) is 7.56. The fourth-order valence-electron chi connectivity index (χ4n) is 1.73. The Morgan fingerprint density at radius 1 is 1.31 bits per heavy atom. The molecule has 0 aromatic carbocycles. The standard InChI is InChI=1S/C12H23N3S/c1-10-5-8-16-12(10)11(9-13)15(4)7-6-14(2)3/h5,8,11H,6-7,9,13H2,1-4H3. The van der Waals surface area contributed by atoms with Crippen molar-refractivity contribution in [3.8, 4) is 0 Å². The number of likely N-dealkylation sites (N-methyl/N-ethyl adjacent to an activating group) is 2. The van der Waals surface area contributed by atoms with Crippen LogP contribution in [0.3, 0.4) is 0 Å². The first-order valence-electron chi connectivity index (χ1n) is 5.65. The van der Waals surface area contributed by atoms with Crippen LogP contribution in [0.25, 0.3) is 0 Å². The van der Waals surface area contributed by atoms with Gasteiger partial charge < -0.3 is 10.6 Å². The summed E-state index contributed by atoms with van der Waals surface area (Å²) in [4.78, 5) is 5.95. The van der Waals surface area contributed by atoms with Gasteiger partial charge in [0.25, 0.3) is 0 Å². The molecule has 0 bridgehead atoms. The molecule has 16 heavy (non-hydrogen) atoms. The van der Waals surface area contributed by atoms with Crippen LogP contribution in [0.1, 0.15) is 16.5 Å². The summed E-state index contributed by atoms with van der Waals surface area (Å²) in [5, 5.41) is 2.15. The van der Waals surface area contributed by atoms with Crippen molar-refractivity contribution in [1.82, 2.24) is 9.80 Å². The third-order valence-electron chi connectivity index (χ3n) is 2.86. The van der Waals surface area contributed by atoms with Crippen LogP contribution in [0.15, 0.2) is 11.4 Å². The highest BCUT2D eigenvalue weighted by Gasteiger charge is 2.18. The molecule has 0 aliphatic carbocycles. The van der Waals surface area contributed by atoms with Crippen LogP contribution in [-0.2, 0) is 0 Å². The molecule has 92 valence electrons. The largest absolute Gasteiger partial charge is 0.329 e. The van der Waals surface area contributed by atoms with Crippen LogP contribution in [0.4, 0.5) is 0 Å². The van der Waals surface area contributed by atoms with E-state index in [0.29, 0.717) is 12.6 Å². The van der Waals surface area contributed by atoms with Gasteiger partial charge in [-0.1, -0.05) is 0 Å². The zero-order valence-corrected chi connectivity index (χ0v) is 11.5. The topological polar surface area (TPSA) is 32.5 Å². The third-order valence-corrected chi connectivity index (χ3v) is 3.98. The molecule has 0 radical (unpaired) electrons. The molecule has 2 N–H and O–H groups in total. The van der Waals surface area contributed by atoms with E-state index in [1.807, 2.05) is 11.3 Å². The molecular weight excluding hydrogens is 218 g/mol. The minimum absolute atomic E-state index is 0.361. The molecule has 1 heterocycles. The minimum Gasteiger partial charge on any atom is -0.329 e. The number of hydrogen-bond donors (Lipinski definition) is 1. The monoisotopic (exact) mass is 241 g/mol. The second kappa shape index (κ2) is 6.35. The average molecular weight is 241 g/mol. The van der Waals surface area contributed by atoms with Crippen LogP contribution in [0, 0.1) is 6.92 Å². The maximum absolute atomic E-state index is 5.89. The molecule has 1 rings (SSSR count). The number of rotatable bonds is 6.